The van der Waals surface area contributed by atoms with E-state index in [-0.39, 0.29) is 10.8 Å². The number of amides is 1. The van der Waals surface area contributed by atoms with Gasteiger partial charge in [-0.15, -0.1) is 0 Å². The van der Waals surface area contributed by atoms with Gasteiger partial charge in [0.2, 0.25) is 10.0 Å². The lowest BCUT2D eigenvalue weighted by Crippen LogP contribution is -2.35. The molecule has 0 spiro atoms. The molecular formula is C21H26N2O4S. The standard InChI is InChI=1S/C21H26N2O4S/c1-2-27-19-11-9-17(10-12-19)16-22-21(24)18-7-6-8-20(15-18)28(25,26)23-13-4-3-5-14-23/h6-12,15H,2-5,13-14,16H2,1H3,(H,22,24). The summed E-state index contributed by atoms with van der Waals surface area (Å²) in [4.78, 5) is 12.7. The van der Waals surface area contributed by atoms with Crippen molar-refractivity contribution in [1.82, 2.24) is 9.62 Å². The molecule has 1 amide bonds. The van der Waals surface area contributed by atoms with Crippen LogP contribution < -0.4 is 10.1 Å². The number of hydrogen-bond acceptors (Lipinski definition) is 4. The molecule has 0 radical (unpaired) electrons. The van der Waals surface area contributed by atoms with Crippen LogP contribution in [-0.4, -0.2) is 38.3 Å². The van der Waals surface area contributed by atoms with E-state index in [1.165, 1.54) is 10.4 Å². The summed E-state index contributed by atoms with van der Waals surface area (Å²) in [7, 11) is -3.56. The van der Waals surface area contributed by atoms with Crippen LogP contribution >= 0.6 is 0 Å². The molecule has 2 aromatic rings. The number of ether oxygens (including phenoxy) is 1. The Bertz CT molecular complexity index is 904. The quantitative estimate of drug-likeness (QED) is 0.772. The van der Waals surface area contributed by atoms with E-state index in [4.69, 9.17) is 4.74 Å². The molecule has 6 nitrogen and oxygen atoms in total. The minimum atomic E-state index is -3.56. The SMILES string of the molecule is CCOc1ccc(CNC(=O)c2cccc(S(=O)(=O)N3CCCCC3)c2)cc1. The first-order valence-electron chi connectivity index (χ1n) is 9.61. The molecule has 1 saturated heterocycles. The maximum absolute atomic E-state index is 12.8. The molecule has 0 aromatic heterocycles. The van der Waals surface area contributed by atoms with Gasteiger partial charge in [0.05, 0.1) is 11.5 Å². The summed E-state index contributed by atoms with van der Waals surface area (Å²) in [5, 5.41) is 2.84. The van der Waals surface area contributed by atoms with E-state index in [1.54, 1.807) is 18.2 Å². The van der Waals surface area contributed by atoms with Crippen molar-refractivity contribution in [2.75, 3.05) is 19.7 Å². The van der Waals surface area contributed by atoms with Crippen LogP contribution in [0.2, 0.25) is 0 Å². The van der Waals surface area contributed by atoms with Crippen LogP contribution in [0.3, 0.4) is 0 Å². The van der Waals surface area contributed by atoms with E-state index in [0.29, 0.717) is 31.8 Å². The Hall–Kier alpha value is -2.38. The van der Waals surface area contributed by atoms with Gasteiger partial charge in [-0.05, 0) is 55.7 Å². The van der Waals surface area contributed by atoms with Gasteiger partial charge >= 0.3 is 0 Å². The number of nitrogens with zero attached hydrogens (tertiary/aromatic N) is 1. The molecule has 0 aliphatic carbocycles. The number of hydrogen-bond donors (Lipinski definition) is 1. The summed E-state index contributed by atoms with van der Waals surface area (Å²) >= 11 is 0. The van der Waals surface area contributed by atoms with Crippen molar-refractivity contribution in [3.63, 3.8) is 0 Å². The van der Waals surface area contributed by atoms with Crippen LogP contribution in [0.15, 0.2) is 53.4 Å². The maximum Gasteiger partial charge on any atom is 0.251 e. The third-order valence-electron chi connectivity index (χ3n) is 4.74. The van der Waals surface area contributed by atoms with Crippen LogP contribution in [0.5, 0.6) is 5.75 Å². The van der Waals surface area contributed by atoms with Gasteiger partial charge in [0.15, 0.2) is 0 Å². The van der Waals surface area contributed by atoms with Gasteiger partial charge in [-0.2, -0.15) is 4.31 Å². The lowest BCUT2D eigenvalue weighted by molar-refractivity contribution is 0.0950. The summed E-state index contributed by atoms with van der Waals surface area (Å²) in [5.74, 6) is 0.484. The molecular weight excluding hydrogens is 376 g/mol. The third kappa shape index (κ3) is 4.91. The number of nitrogens with one attached hydrogen (secondary N) is 1. The molecule has 1 fully saturated rings. The van der Waals surface area contributed by atoms with Gasteiger partial charge in [-0.1, -0.05) is 24.6 Å². The number of benzene rings is 2. The van der Waals surface area contributed by atoms with Crippen LogP contribution in [0.25, 0.3) is 0 Å². The van der Waals surface area contributed by atoms with Gasteiger partial charge in [0.25, 0.3) is 5.91 Å². The normalized spacial score (nSPS) is 15.2. The number of sulfonamides is 1. The Morgan fingerprint density at radius 2 is 1.79 bits per heavy atom. The van der Waals surface area contributed by atoms with Crippen molar-refractivity contribution < 1.29 is 17.9 Å². The van der Waals surface area contributed by atoms with Crippen LogP contribution in [-0.2, 0) is 16.6 Å². The second-order valence-corrected chi connectivity index (χ2v) is 8.69. The summed E-state index contributed by atoms with van der Waals surface area (Å²) in [6, 6.07) is 13.7. The number of carbonyl (C=O) groups is 1. The number of rotatable bonds is 7. The van der Waals surface area contributed by atoms with E-state index in [2.05, 4.69) is 5.32 Å². The lowest BCUT2D eigenvalue weighted by atomic mass is 10.2. The monoisotopic (exact) mass is 402 g/mol. The highest BCUT2D eigenvalue weighted by Crippen LogP contribution is 2.21. The van der Waals surface area contributed by atoms with Gasteiger partial charge in [0.1, 0.15) is 5.75 Å². The van der Waals surface area contributed by atoms with Gasteiger partial charge in [0, 0.05) is 25.2 Å². The molecule has 1 aliphatic rings. The van der Waals surface area contributed by atoms with Crippen molar-refractivity contribution in [1.29, 1.82) is 0 Å². The van der Waals surface area contributed by atoms with Crippen molar-refractivity contribution >= 4 is 15.9 Å². The Kier molecular flexibility index (Phi) is 6.70. The summed E-state index contributed by atoms with van der Waals surface area (Å²) < 4.78 is 32.5. The molecule has 1 heterocycles. The van der Waals surface area contributed by atoms with Crippen LogP contribution in [0.1, 0.15) is 42.1 Å². The molecule has 0 unspecified atom stereocenters. The zero-order chi connectivity index (χ0) is 20.0. The highest BCUT2D eigenvalue weighted by atomic mass is 32.2. The maximum atomic E-state index is 12.8. The Labute approximate surface area is 166 Å². The first kappa shape index (κ1) is 20.4. The fraction of sp³-hybridized carbons (Fsp3) is 0.381. The van der Waals surface area contributed by atoms with E-state index in [9.17, 15) is 13.2 Å². The minimum absolute atomic E-state index is 0.170. The minimum Gasteiger partial charge on any atom is -0.494 e. The summed E-state index contributed by atoms with van der Waals surface area (Å²) in [6.45, 7) is 3.96. The van der Waals surface area contributed by atoms with E-state index in [0.717, 1.165) is 30.6 Å². The molecule has 7 heteroatoms. The highest BCUT2D eigenvalue weighted by Gasteiger charge is 2.26. The molecule has 1 aliphatic heterocycles. The Morgan fingerprint density at radius 3 is 2.46 bits per heavy atom. The molecule has 1 N–H and O–H groups in total. The molecule has 0 atom stereocenters. The second-order valence-electron chi connectivity index (χ2n) is 6.75. The lowest BCUT2D eigenvalue weighted by Gasteiger charge is -2.26. The molecule has 150 valence electrons. The molecule has 28 heavy (non-hydrogen) atoms. The smallest absolute Gasteiger partial charge is 0.251 e. The van der Waals surface area contributed by atoms with Gasteiger partial charge in [-0.3, -0.25) is 4.79 Å². The predicted molar refractivity (Wildman–Crippen MR) is 108 cm³/mol. The average Bonchev–Trinajstić information content (AvgIpc) is 2.74. The topological polar surface area (TPSA) is 75.7 Å². The Morgan fingerprint density at radius 1 is 1.07 bits per heavy atom. The van der Waals surface area contributed by atoms with Crippen molar-refractivity contribution in [3.05, 3.63) is 59.7 Å². The van der Waals surface area contributed by atoms with Crippen molar-refractivity contribution in [3.8, 4) is 5.75 Å². The number of piperidine rings is 1. The van der Waals surface area contributed by atoms with Gasteiger partial charge in [-0.25, -0.2) is 8.42 Å². The number of carbonyl (C=O) groups excluding carboxylic acids is 1. The van der Waals surface area contributed by atoms with E-state index < -0.39 is 10.0 Å². The predicted octanol–water partition coefficient (Wildman–Crippen LogP) is 3.19. The fourth-order valence-electron chi connectivity index (χ4n) is 3.21. The van der Waals surface area contributed by atoms with Crippen molar-refractivity contribution in [2.45, 2.75) is 37.6 Å². The largest absolute Gasteiger partial charge is 0.494 e. The van der Waals surface area contributed by atoms with E-state index in [1.807, 2.05) is 31.2 Å². The average molecular weight is 403 g/mol. The zero-order valence-corrected chi connectivity index (χ0v) is 16.9. The molecule has 2 aromatic carbocycles. The highest BCUT2D eigenvalue weighted by molar-refractivity contribution is 7.89. The second kappa shape index (κ2) is 9.21. The third-order valence-corrected chi connectivity index (χ3v) is 6.63. The Balaban J connectivity index is 1.66. The zero-order valence-electron chi connectivity index (χ0n) is 16.1. The van der Waals surface area contributed by atoms with E-state index >= 15 is 0 Å². The molecule has 0 saturated carbocycles. The first-order chi connectivity index (χ1) is 13.5. The summed E-state index contributed by atoms with van der Waals surface area (Å²) in [5.41, 5.74) is 1.28. The molecule has 3 rings (SSSR count). The van der Waals surface area contributed by atoms with Gasteiger partial charge < -0.3 is 10.1 Å². The van der Waals surface area contributed by atoms with Crippen LogP contribution in [0.4, 0.5) is 0 Å². The fourth-order valence-corrected chi connectivity index (χ4v) is 4.77. The molecule has 0 bridgehead atoms. The first-order valence-corrected chi connectivity index (χ1v) is 11.0. The van der Waals surface area contributed by atoms with Crippen LogP contribution in [0, 0.1) is 0 Å². The van der Waals surface area contributed by atoms with Crippen molar-refractivity contribution in [2.24, 2.45) is 0 Å². The summed E-state index contributed by atoms with van der Waals surface area (Å²) in [6.07, 6.45) is 2.81.